The summed E-state index contributed by atoms with van der Waals surface area (Å²) in [5, 5.41) is 0. The lowest BCUT2D eigenvalue weighted by atomic mass is 10.0. The third kappa shape index (κ3) is 3.99. The summed E-state index contributed by atoms with van der Waals surface area (Å²) in [5.41, 5.74) is 0. The van der Waals surface area contributed by atoms with Crippen LogP contribution in [0.15, 0.2) is 0 Å². The number of nitrogens with zero attached hydrogens (tertiary/aromatic N) is 1. The average molecular weight is 225 g/mol. The van der Waals surface area contributed by atoms with Gasteiger partial charge in [0.15, 0.2) is 0 Å². The maximum atomic E-state index is 11.9. The van der Waals surface area contributed by atoms with Gasteiger partial charge in [0.1, 0.15) is 6.61 Å². The van der Waals surface area contributed by atoms with E-state index in [1.165, 1.54) is 0 Å². The summed E-state index contributed by atoms with van der Waals surface area (Å²) in [6, 6.07) is 0.336. The van der Waals surface area contributed by atoms with E-state index in [0.717, 1.165) is 0 Å². The van der Waals surface area contributed by atoms with Crippen molar-refractivity contribution in [2.45, 2.75) is 38.6 Å². The minimum Gasteiger partial charge on any atom is -0.367 e. The molecule has 1 aliphatic rings. The highest BCUT2D eigenvalue weighted by Gasteiger charge is 2.35. The Labute approximate surface area is 88.4 Å². The Morgan fingerprint density at radius 2 is 2.00 bits per heavy atom. The molecule has 1 fully saturated rings. The van der Waals surface area contributed by atoms with E-state index >= 15 is 0 Å². The zero-order chi connectivity index (χ0) is 11.6. The SMILES string of the molecule is CC(C)C1CC(OCC(F)(F)F)CN1C. The third-order valence-corrected chi connectivity index (χ3v) is 2.81. The van der Waals surface area contributed by atoms with Crippen LogP contribution in [0.3, 0.4) is 0 Å². The van der Waals surface area contributed by atoms with Gasteiger partial charge in [0, 0.05) is 12.6 Å². The molecule has 1 saturated heterocycles. The summed E-state index contributed by atoms with van der Waals surface area (Å²) < 4.78 is 40.6. The minimum atomic E-state index is -4.21. The highest BCUT2D eigenvalue weighted by molar-refractivity contribution is 4.85. The van der Waals surface area contributed by atoms with Gasteiger partial charge in [-0.25, -0.2) is 0 Å². The molecule has 0 aromatic heterocycles. The van der Waals surface area contributed by atoms with Crippen LogP contribution in [0, 0.1) is 5.92 Å². The minimum absolute atomic E-state index is 0.274. The van der Waals surface area contributed by atoms with E-state index in [0.29, 0.717) is 24.9 Å². The summed E-state index contributed by atoms with van der Waals surface area (Å²) in [6.45, 7) is 3.62. The number of hydrogen-bond acceptors (Lipinski definition) is 2. The predicted octanol–water partition coefficient (Wildman–Crippen LogP) is 2.29. The van der Waals surface area contributed by atoms with Gasteiger partial charge in [0.25, 0.3) is 0 Å². The van der Waals surface area contributed by atoms with Crippen LogP contribution in [0.4, 0.5) is 13.2 Å². The smallest absolute Gasteiger partial charge is 0.367 e. The number of ether oxygens (including phenoxy) is 1. The first-order valence-corrected chi connectivity index (χ1v) is 5.18. The zero-order valence-electron chi connectivity index (χ0n) is 9.34. The molecule has 0 radical (unpaired) electrons. The van der Waals surface area contributed by atoms with Gasteiger partial charge in [-0.05, 0) is 19.4 Å². The first kappa shape index (κ1) is 12.8. The van der Waals surface area contributed by atoms with E-state index < -0.39 is 12.8 Å². The number of hydrogen-bond donors (Lipinski definition) is 0. The van der Waals surface area contributed by atoms with Crippen LogP contribution in [0.2, 0.25) is 0 Å². The molecule has 0 amide bonds. The van der Waals surface area contributed by atoms with Gasteiger partial charge >= 0.3 is 6.18 Å². The van der Waals surface area contributed by atoms with Crippen LogP contribution in [0.5, 0.6) is 0 Å². The molecule has 2 nitrogen and oxygen atoms in total. The molecule has 2 unspecified atom stereocenters. The Bertz CT molecular complexity index is 205. The molecule has 2 atom stereocenters. The Morgan fingerprint density at radius 3 is 2.40 bits per heavy atom. The molecule has 15 heavy (non-hydrogen) atoms. The molecule has 1 aliphatic heterocycles. The third-order valence-electron chi connectivity index (χ3n) is 2.81. The van der Waals surface area contributed by atoms with Gasteiger partial charge in [0.2, 0.25) is 0 Å². The van der Waals surface area contributed by atoms with Crippen molar-refractivity contribution in [2.75, 3.05) is 20.2 Å². The van der Waals surface area contributed by atoms with Crippen molar-refractivity contribution in [3.05, 3.63) is 0 Å². The summed E-state index contributed by atoms with van der Waals surface area (Å²) in [5.74, 6) is 0.453. The van der Waals surface area contributed by atoms with Gasteiger partial charge in [-0.1, -0.05) is 13.8 Å². The molecule has 90 valence electrons. The highest BCUT2D eigenvalue weighted by Crippen LogP contribution is 2.26. The van der Waals surface area contributed by atoms with Gasteiger partial charge < -0.3 is 9.64 Å². The van der Waals surface area contributed by atoms with Crippen molar-refractivity contribution in [1.29, 1.82) is 0 Å². The van der Waals surface area contributed by atoms with Crippen molar-refractivity contribution < 1.29 is 17.9 Å². The first-order valence-electron chi connectivity index (χ1n) is 5.18. The number of likely N-dealkylation sites (tertiary alicyclic amines) is 1. The van der Waals surface area contributed by atoms with Gasteiger partial charge in [-0.3, -0.25) is 0 Å². The fourth-order valence-corrected chi connectivity index (χ4v) is 2.09. The largest absolute Gasteiger partial charge is 0.411 e. The first-order chi connectivity index (χ1) is 6.79. The Hall–Kier alpha value is -0.290. The number of rotatable bonds is 3. The molecule has 0 aliphatic carbocycles. The second-order valence-corrected chi connectivity index (χ2v) is 4.53. The van der Waals surface area contributed by atoms with E-state index in [2.05, 4.69) is 18.7 Å². The predicted molar refractivity (Wildman–Crippen MR) is 51.7 cm³/mol. The number of alkyl halides is 3. The van der Waals surface area contributed by atoms with Crippen LogP contribution >= 0.6 is 0 Å². The molecule has 0 aromatic rings. The van der Waals surface area contributed by atoms with Crippen LogP contribution in [0.1, 0.15) is 20.3 Å². The van der Waals surface area contributed by atoms with E-state index in [9.17, 15) is 13.2 Å². The van der Waals surface area contributed by atoms with Crippen molar-refractivity contribution >= 4 is 0 Å². The van der Waals surface area contributed by atoms with Gasteiger partial charge in [0.05, 0.1) is 6.10 Å². The van der Waals surface area contributed by atoms with Gasteiger partial charge in [-0.2, -0.15) is 13.2 Å². The fourth-order valence-electron chi connectivity index (χ4n) is 2.09. The molecular weight excluding hydrogens is 207 g/mol. The molecule has 0 N–H and O–H groups in total. The molecule has 1 rings (SSSR count). The zero-order valence-corrected chi connectivity index (χ0v) is 9.34. The number of halogens is 3. The van der Waals surface area contributed by atoms with Crippen molar-refractivity contribution in [1.82, 2.24) is 4.90 Å². The van der Waals surface area contributed by atoms with Gasteiger partial charge in [-0.15, -0.1) is 0 Å². The maximum Gasteiger partial charge on any atom is 0.411 e. The Balaban J connectivity index is 2.35. The monoisotopic (exact) mass is 225 g/mol. The lowest BCUT2D eigenvalue weighted by molar-refractivity contribution is -0.183. The Kier molecular flexibility index (Phi) is 4.00. The van der Waals surface area contributed by atoms with Crippen molar-refractivity contribution in [3.8, 4) is 0 Å². The standard InChI is InChI=1S/C10H18F3NO/c1-7(2)9-4-8(5-14(9)3)15-6-10(11,12)13/h7-9H,4-6H2,1-3H3. The maximum absolute atomic E-state index is 11.9. The van der Waals surface area contributed by atoms with Crippen LogP contribution in [0.25, 0.3) is 0 Å². The van der Waals surface area contributed by atoms with Crippen LogP contribution < -0.4 is 0 Å². The summed E-state index contributed by atoms with van der Waals surface area (Å²) in [4.78, 5) is 2.08. The summed E-state index contributed by atoms with van der Waals surface area (Å²) in [7, 11) is 1.93. The molecule has 0 bridgehead atoms. The van der Waals surface area contributed by atoms with E-state index in [-0.39, 0.29) is 6.10 Å². The van der Waals surface area contributed by atoms with Crippen LogP contribution in [-0.2, 0) is 4.74 Å². The Morgan fingerprint density at radius 1 is 1.40 bits per heavy atom. The van der Waals surface area contributed by atoms with Crippen LogP contribution in [-0.4, -0.2) is 43.4 Å². The molecule has 0 aromatic carbocycles. The van der Waals surface area contributed by atoms with E-state index in [1.807, 2.05) is 7.05 Å². The topological polar surface area (TPSA) is 12.5 Å². The lowest BCUT2D eigenvalue weighted by Gasteiger charge is -2.22. The van der Waals surface area contributed by atoms with E-state index in [1.54, 1.807) is 0 Å². The lowest BCUT2D eigenvalue weighted by Crippen LogP contribution is -2.29. The van der Waals surface area contributed by atoms with E-state index in [4.69, 9.17) is 4.74 Å². The molecule has 0 saturated carbocycles. The second kappa shape index (κ2) is 4.70. The summed E-state index contributed by atoms with van der Waals surface area (Å²) in [6.07, 6.45) is -3.79. The number of likely N-dealkylation sites (N-methyl/N-ethyl adjacent to an activating group) is 1. The van der Waals surface area contributed by atoms with Crippen molar-refractivity contribution in [3.63, 3.8) is 0 Å². The highest BCUT2D eigenvalue weighted by atomic mass is 19.4. The summed E-state index contributed by atoms with van der Waals surface area (Å²) >= 11 is 0. The molecule has 1 heterocycles. The molecular formula is C10H18F3NO. The average Bonchev–Trinajstić information content (AvgIpc) is 2.42. The fraction of sp³-hybridized carbons (Fsp3) is 1.00. The quantitative estimate of drug-likeness (QED) is 0.730. The molecule has 5 heteroatoms. The molecule has 0 spiro atoms. The second-order valence-electron chi connectivity index (χ2n) is 4.53. The normalized spacial score (nSPS) is 29.0. The van der Waals surface area contributed by atoms with Crippen molar-refractivity contribution in [2.24, 2.45) is 5.92 Å².